The Morgan fingerprint density at radius 3 is 2.75 bits per heavy atom. The average Bonchev–Trinajstić information content (AvgIpc) is 2.33. The Labute approximate surface area is 70.9 Å². The van der Waals surface area contributed by atoms with Gasteiger partial charge in [0.15, 0.2) is 0 Å². The summed E-state index contributed by atoms with van der Waals surface area (Å²) in [6.45, 7) is 5.57. The Morgan fingerprint density at radius 1 is 1.67 bits per heavy atom. The van der Waals surface area contributed by atoms with Crippen molar-refractivity contribution in [1.82, 2.24) is 10.5 Å². The second-order valence-electron chi connectivity index (χ2n) is 2.97. The molecule has 0 radical (unpaired) electrons. The highest BCUT2D eigenvalue weighted by Crippen LogP contribution is 2.05. The number of aryl methyl sites for hydroxylation is 1. The monoisotopic (exact) mass is 168 g/mol. The van der Waals surface area contributed by atoms with Crippen LogP contribution in [0.25, 0.3) is 0 Å². The van der Waals surface area contributed by atoms with E-state index in [1.807, 2.05) is 13.8 Å². The molecular weight excluding hydrogens is 156 g/mol. The van der Waals surface area contributed by atoms with Gasteiger partial charge in [-0.05, 0) is 20.8 Å². The van der Waals surface area contributed by atoms with E-state index in [4.69, 9.17) is 4.52 Å². The van der Waals surface area contributed by atoms with E-state index in [0.29, 0.717) is 5.76 Å². The van der Waals surface area contributed by atoms with E-state index in [1.54, 1.807) is 6.92 Å². The van der Waals surface area contributed by atoms with Gasteiger partial charge in [-0.15, -0.1) is 0 Å². The van der Waals surface area contributed by atoms with Crippen LogP contribution in [-0.4, -0.2) is 17.1 Å². The summed E-state index contributed by atoms with van der Waals surface area (Å²) < 4.78 is 4.76. The van der Waals surface area contributed by atoms with Crippen molar-refractivity contribution in [3.05, 3.63) is 17.5 Å². The Bertz CT molecular complexity index is 278. The normalized spacial score (nSPS) is 10.3. The number of rotatable bonds is 2. The summed E-state index contributed by atoms with van der Waals surface area (Å²) in [6.07, 6.45) is 1.52. The first-order valence-corrected chi connectivity index (χ1v) is 3.83. The first kappa shape index (κ1) is 8.77. The van der Waals surface area contributed by atoms with E-state index in [-0.39, 0.29) is 11.9 Å². The molecule has 1 aromatic heterocycles. The lowest BCUT2D eigenvalue weighted by Crippen LogP contribution is -2.30. The van der Waals surface area contributed by atoms with Gasteiger partial charge >= 0.3 is 0 Å². The quantitative estimate of drug-likeness (QED) is 0.720. The molecule has 66 valence electrons. The third-order valence-electron chi connectivity index (χ3n) is 1.37. The average molecular weight is 168 g/mol. The summed E-state index contributed by atoms with van der Waals surface area (Å²) in [5, 5.41) is 6.23. The molecule has 4 heteroatoms. The van der Waals surface area contributed by atoms with Crippen molar-refractivity contribution in [3.8, 4) is 0 Å². The summed E-state index contributed by atoms with van der Waals surface area (Å²) >= 11 is 0. The first-order chi connectivity index (χ1) is 5.61. The van der Waals surface area contributed by atoms with Crippen LogP contribution in [0, 0.1) is 6.92 Å². The first-order valence-electron chi connectivity index (χ1n) is 3.83. The summed E-state index contributed by atoms with van der Waals surface area (Å²) in [5.74, 6) is 0.0868. The van der Waals surface area contributed by atoms with Crippen LogP contribution >= 0.6 is 0 Å². The molecule has 0 spiro atoms. The highest BCUT2D eigenvalue weighted by Gasteiger charge is 2.13. The Morgan fingerprint density at radius 2 is 2.33 bits per heavy atom. The van der Waals surface area contributed by atoms with Gasteiger partial charge in [-0.1, -0.05) is 5.16 Å². The molecule has 0 aliphatic rings. The summed E-state index contributed by atoms with van der Waals surface area (Å²) in [6, 6.07) is 0.113. The van der Waals surface area contributed by atoms with Crippen molar-refractivity contribution >= 4 is 5.91 Å². The molecule has 0 aliphatic heterocycles. The van der Waals surface area contributed by atoms with Gasteiger partial charge in [0.05, 0.1) is 6.20 Å². The van der Waals surface area contributed by atoms with Gasteiger partial charge in [-0.25, -0.2) is 0 Å². The van der Waals surface area contributed by atoms with Crippen LogP contribution in [-0.2, 0) is 0 Å². The highest BCUT2D eigenvalue weighted by atomic mass is 16.5. The molecule has 0 saturated heterocycles. The summed E-state index contributed by atoms with van der Waals surface area (Å²) in [7, 11) is 0. The lowest BCUT2D eigenvalue weighted by Gasteiger charge is -2.05. The van der Waals surface area contributed by atoms with Crippen LogP contribution in [0.2, 0.25) is 0 Å². The van der Waals surface area contributed by atoms with E-state index in [1.165, 1.54) is 6.20 Å². The number of carbonyl (C=O) groups is 1. The number of nitrogens with zero attached hydrogens (tertiary/aromatic N) is 1. The Kier molecular flexibility index (Phi) is 2.47. The zero-order valence-corrected chi connectivity index (χ0v) is 7.42. The molecule has 1 N–H and O–H groups in total. The van der Waals surface area contributed by atoms with Crippen LogP contribution < -0.4 is 5.32 Å². The molecule has 1 amide bonds. The van der Waals surface area contributed by atoms with E-state index in [9.17, 15) is 4.79 Å². The standard InChI is InChI=1S/C8H12N2O2/c1-5(2)10-8(11)7-6(3)4-9-12-7/h4-5H,1-3H3,(H,10,11). The fourth-order valence-electron chi connectivity index (χ4n) is 0.837. The summed E-state index contributed by atoms with van der Waals surface area (Å²) in [4.78, 5) is 11.3. The maximum atomic E-state index is 11.3. The maximum Gasteiger partial charge on any atom is 0.290 e. The number of aromatic nitrogens is 1. The van der Waals surface area contributed by atoms with E-state index < -0.39 is 0 Å². The lowest BCUT2D eigenvalue weighted by molar-refractivity contribution is 0.0905. The number of hydrogen-bond acceptors (Lipinski definition) is 3. The minimum atomic E-state index is -0.208. The molecule has 0 bridgehead atoms. The van der Waals surface area contributed by atoms with Gasteiger partial charge in [0.2, 0.25) is 5.76 Å². The van der Waals surface area contributed by atoms with Crippen LogP contribution in [0.5, 0.6) is 0 Å². The van der Waals surface area contributed by atoms with Gasteiger partial charge in [0, 0.05) is 11.6 Å². The van der Waals surface area contributed by atoms with Crippen molar-refractivity contribution < 1.29 is 9.32 Å². The minimum Gasteiger partial charge on any atom is -0.351 e. The third-order valence-corrected chi connectivity index (χ3v) is 1.37. The number of amides is 1. The van der Waals surface area contributed by atoms with Gasteiger partial charge in [-0.3, -0.25) is 4.79 Å². The predicted octanol–water partition coefficient (Wildman–Crippen LogP) is 1.12. The van der Waals surface area contributed by atoms with Crippen molar-refractivity contribution in [3.63, 3.8) is 0 Å². The fourth-order valence-corrected chi connectivity index (χ4v) is 0.837. The second kappa shape index (κ2) is 3.38. The van der Waals surface area contributed by atoms with Crippen LogP contribution in [0.15, 0.2) is 10.7 Å². The van der Waals surface area contributed by atoms with Gasteiger partial charge < -0.3 is 9.84 Å². The van der Waals surface area contributed by atoms with E-state index in [2.05, 4.69) is 10.5 Å². The molecule has 0 fully saturated rings. The molecular formula is C8H12N2O2. The molecule has 0 aliphatic carbocycles. The van der Waals surface area contributed by atoms with Crippen molar-refractivity contribution in [2.75, 3.05) is 0 Å². The molecule has 0 aromatic carbocycles. The largest absolute Gasteiger partial charge is 0.351 e. The van der Waals surface area contributed by atoms with Gasteiger partial charge in [0.25, 0.3) is 5.91 Å². The zero-order chi connectivity index (χ0) is 9.14. The van der Waals surface area contributed by atoms with Crippen molar-refractivity contribution in [1.29, 1.82) is 0 Å². The van der Waals surface area contributed by atoms with Crippen LogP contribution in [0.4, 0.5) is 0 Å². The van der Waals surface area contributed by atoms with Crippen molar-refractivity contribution in [2.45, 2.75) is 26.8 Å². The Balaban J connectivity index is 2.72. The molecule has 0 unspecified atom stereocenters. The lowest BCUT2D eigenvalue weighted by atomic mass is 10.2. The molecule has 4 nitrogen and oxygen atoms in total. The van der Waals surface area contributed by atoms with Gasteiger partial charge in [-0.2, -0.15) is 0 Å². The number of hydrogen-bond donors (Lipinski definition) is 1. The predicted molar refractivity (Wildman–Crippen MR) is 43.8 cm³/mol. The molecule has 0 saturated carbocycles. The fraction of sp³-hybridized carbons (Fsp3) is 0.500. The molecule has 1 aromatic rings. The molecule has 0 atom stereocenters. The second-order valence-corrected chi connectivity index (χ2v) is 2.97. The zero-order valence-electron chi connectivity index (χ0n) is 7.42. The highest BCUT2D eigenvalue weighted by molar-refractivity contribution is 5.92. The minimum absolute atomic E-state index is 0.113. The van der Waals surface area contributed by atoms with Crippen LogP contribution in [0.1, 0.15) is 30.0 Å². The maximum absolute atomic E-state index is 11.3. The third kappa shape index (κ3) is 1.84. The SMILES string of the molecule is Cc1cnoc1C(=O)NC(C)C. The van der Waals surface area contributed by atoms with Crippen LogP contribution in [0.3, 0.4) is 0 Å². The molecule has 1 rings (SSSR count). The van der Waals surface area contributed by atoms with Gasteiger partial charge in [0.1, 0.15) is 0 Å². The number of nitrogens with one attached hydrogen (secondary N) is 1. The van der Waals surface area contributed by atoms with E-state index >= 15 is 0 Å². The van der Waals surface area contributed by atoms with Crippen molar-refractivity contribution in [2.24, 2.45) is 0 Å². The Hall–Kier alpha value is -1.32. The molecule has 1 heterocycles. The molecule has 12 heavy (non-hydrogen) atoms. The topological polar surface area (TPSA) is 55.1 Å². The summed E-state index contributed by atoms with van der Waals surface area (Å²) in [5.41, 5.74) is 0.758. The van der Waals surface area contributed by atoms with E-state index in [0.717, 1.165) is 5.56 Å². The number of carbonyl (C=O) groups excluding carboxylic acids is 1. The smallest absolute Gasteiger partial charge is 0.290 e.